The molecular weight excluding hydrogens is 216 g/mol. The molecular formula is C10H13ClN2O2. The number of ether oxygens (including phenoxy) is 1. The Kier molecular flexibility index (Phi) is 3.94. The van der Waals surface area contributed by atoms with E-state index in [4.69, 9.17) is 22.1 Å². The summed E-state index contributed by atoms with van der Waals surface area (Å²) < 4.78 is 5.01. The van der Waals surface area contributed by atoms with E-state index < -0.39 is 11.9 Å². The number of primary amides is 1. The van der Waals surface area contributed by atoms with E-state index in [-0.39, 0.29) is 0 Å². The van der Waals surface area contributed by atoms with Crippen molar-refractivity contribution in [2.75, 3.05) is 14.2 Å². The van der Waals surface area contributed by atoms with Gasteiger partial charge in [0.25, 0.3) is 0 Å². The van der Waals surface area contributed by atoms with Gasteiger partial charge in [-0.05, 0) is 24.7 Å². The van der Waals surface area contributed by atoms with Gasteiger partial charge in [0.2, 0.25) is 5.91 Å². The van der Waals surface area contributed by atoms with Crippen molar-refractivity contribution in [3.8, 4) is 5.75 Å². The molecule has 0 aliphatic carbocycles. The van der Waals surface area contributed by atoms with Crippen LogP contribution in [0.3, 0.4) is 0 Å². The minimum Gasteiger partial charge on any atom is -0.495 e. The Labute approximate surface area is 93.4 Å². The largest absolute Gasteiger partial charge is 0.495 e. The van der Waals surface area contributed by atoms with Gasteiger partial charge in [0, 0.05) is 0 Å². The molecule has 0 fully saturated rings. The predicted octanol–water partition coefficient (Wildman–Crippen LogP) is 1.09. The van der Waals surface area contributed by atoms with Crippen LogP contribution in [0, 0.1) is 0 Å². The third-order valence-corrected chi connectivity index (χ3v) is 2.38. The molecule has 0 aliphatic heterocycles. The Bertz CT molecular complexity index is 368. The van der Waals surface area contributed by atoms with Crippen LogP contribution in [0.15, 0.2) is 18.2 Å². The van der Waals surface area contributed by atoms with Crippen molar-refractivity contribution in [2.45, 2.75) is 6.04 Å². The quantitative estimate of drug-likeness (QED) is 0.811. The zero-order valence-electron chi connectivity index (χ0n) is 8.58. The zero-order valence-corrected chi connectivity index (χ0v) is 9.34. The number of hydrogen-bond acceptors (Lipinski definition) is 3. The first-order chi connectivity index (χ1) is 7.10. The van der Waals surface area contributed by atoms with Gasteiger partial charge in [0.05, 0.1) is 12.1 Å². The minimum absolute atomic E-state index is 0.446. The number of nitrogens with two attached hydrogens (primary N) is 1. The van der Waals surface area contributed by atoms with E-state index in [2.05, 4.69) is 5.32 Å². The Morgan fingerprint density at radius 1 is 1.60 bits per heavy atom. The smallest absolute Gasteiger partial charge is 0.239 e. The standard InChI is InChI=1S/C10H13ClN2O2/c1-13-9(10(12)14)6-3-4-8(15-2)7(11)5-6/h3-5,9,13H,1-2H3,(H2,12,14). The normalized spacial score (nSPS) is 12.2. The third-order valence-electron chi connectivity index (χ3n) is 2.08. The SMILES string of the molecule is CNC(C(N)=O)c1ccc(OC)c(Cl)c1. The molecule has 0 aliphatic rings. The molecule has 1 unspecified atom stereocenters. The van der Waals surface area contributed by atoms with Crippen LogP contribution in [0.2, 0.25) is 5.02 Å². The van der Waals surface area contributed by atoms with Crippen molar-refractivity contribution >= 4 is 17.5 Å². The Hall–Kier alpha value is -1.26. The molecule has 3 N–H and O–H groups in total. The Balaban J connectivity index is 3.05. The van der Waals surface area contributed by atoms with Crippen LogP contribution in [0.5, 0.6) is 5.75 Å². The summed E-state index contributed by atoms with van der Waals surface area (Å²) in [4.78, 5) is 11.1. The van der Waals surface area contributed by atoms with Crippen LogP contribution in [0.1, 0.15) is 11.6 Å². The number of halogens is 1. The van der Waals surface area contributed by atoms with Crippen LogP contribution >= 0.6 is 11.6 Å². The molecule has 0 saturated heterocycles. The summed E-state index contributed by atoms with van der Waals surface area (Å²) in [6.07, 6.45) is 0. The van der Waals surface area contributed by atoms with E-state index in [0.717, 1.165) is 5.56 Å². The fraction of sp³-hybridized carbons (Fsp3) is 0.300. The number of benzene rings is 1. The van der Waals surface area contributed by atoms with Gasteiger partial charge in [0.1, 0.15) is 11.8 Å². The van der Waals surface area contributed by atoms with Gasteiger partial charge in [-0.1, -0.05) is 17.7 Å². The molecule has 1 rings (SSSR count). The molecule has 0 spiro atoms. The lowest BCUT2D eigenvalue weighted by Gasteiger charge is -2.13. The molecule has 0 aromatic heterocycles. The van der Waals surface area contributed by atoms with Crippen LogP contribution in [0.25, 0.3) is 0 Å². The second-order valence-corrected chi connectivity index (χ2v) is 3.43. The molecule has 0 heterocycles. The highest BCUT2D eigenvalue weighted by atomic mass is 35.5. The maximum absolute atomic E-state index is 11.1. The first-order valence-corrected chi connectivity index (χ1v) is 4.78. The molecule has 1 amide bonds. The van der Waals surface area contributed by atoms with E-state index in [1.54, 1.807) is 25.2 Å². The second kappa shape index (κ2) is 5.00. The highest BCUT2D eigenvalue weighted by Gasteiger charge is 2.16. The summed E-state index contributed by atoms with van der Waals surface area (Å²) >= 11 is 5.93. The fourth-order valence-corrected chi connectivity index (χ4v) is 1.60. The average molecular weight is 229 g/mol. The number of nitrogens with one attached hydrogen (secondary N) is 1. The first kappa shape index (κ1) is 11.8. The van der Waals surface area contributed by atoms with Gasteiger partial charge in [0.15, 0.2) is 0 Å². The summed E-state index contributed by atoms with van der Waals surface area (Å²) in [6.45, 7) is 0. The second-order valence-electron chi connectivity index (χ2n) is 3.02. The van der Waals surface area contributed by atoms with Crippen molar-refractivity contribution in [1.82, 2.24) is 5.32 Å². The van der Waals surface area contributed by atoms with Crippen LogP contribution in [-0.4, -0.2) is 20.1 Å². The number of amides is 1. The van der Waals surface area contributed by atoms with Crippen LogP contribution < -0.4 is 15.8 Å². The Morgan fingerprint density at radius 2 is 2.27 bits per heavy atom. The number of rotatable bonds is 4. The van der Waals surface area contributed by atoms with Crippen molar-refractivity contribution in [3.63, 3.8) is 0 Å². The summed E-state index contributed by atoms with van der Waals surface area (Å²) in [6, 6.07) is 4.57. The van der Waals surface area contributed by atoms with E-state index in [1.165, 1.54) is 7.11 Å². The van der Waals surface area contributed by atoms with E-state index in [9.17, 15) is 4.79 Å². The van der Waals surface area contributed by atoms with Crippen molar-refractivity contribution in [3.05, 3.63) is 28.8 Å². The fourth-order valence-electron chi connectivity index (χ4n) is 1.34. The maximum Gasteiger partial charge on any atom is 0.239 e. The zero-order chi connectivity index (χ0) is 11.4. The molecule has 82 valence electrons. The lowest BCUT2D eigenvalue weighted by atomic mass is 10.1. The summed E-state index contributed by atoms with van der Waals surface area (Å²) in [5, 5.41) is 3.26. The van der Waals surface area contributed by atoms with Crippen LogP contribution in [-0.2, 0) is 4.79 Å². The highest BCUT2D eigenvalue weighted by molar-refractivity contribution is 6.32. The van der Waals surface area contributed by atoms with Gasteiger partial charge in [-0.3, -0.25) is 4.79 Å². The maximum atomic E-state index is 11.1. The molecule has 0 saturated carbocycles. The highest BCUT2D eigenvalue weighted by Crippen LogP contribution is 2.27. The lowest BCUT2D eigenvalue weighted by Crippen LogP contribution is -2.31. The van der Waals surface area contributed by atoms with Crippen molar-refractivity contribution in [1.29, 1.82) is 0 Å². The molecule has 0 bridgehead atoms. The molecule has 4 nitrogen and oxygen atoms in total. The van der Waals surface area contributed by atoms with Crippen molar-refractivity contribution in [2.24, 2.45) is 5.73 Å². The molecule has 5 heteroatoms. The Morgan fingerprint density at radius 3 is 2.67 bits per heavy atom. The lowest BCUT2D eigenvalue weighted by molar-refractivity contribution is -0.120. The summed E-state index contributed by atoms with van der Waals surface area (Å²) in [5.41, 5.74) is 5.94. The molecule has 15 heavy (non-hydrogen) atoms. The monoisotopic (exact) mass is 228 g/mol. The number of methoxy groups -OCH3 is 1. The van der Waals surface area contributed by atoms with E-state index in [0.29, 0.717) is 10.8 Å². The first-order valence-electron chi connectivity index (χ1n) is 4.40. The molecule has 1 atom stereocenters. The molecule has 1 aromatic carbocycles. The van der Waals surface area contributed by atoms with Gasteiger partial charge < -0.3 is 15.8 Å². The number of hydrogen-bond donors (Lipinski definition) is 2. The third kappa shape index (κ3) is 2.61. The van der Waals surface area contributed by atoms with Gasteiger partial charge in [-0.15, -0.1) is 0 Å². The molecule has 1 aromatic rings. The van der Waals surface area contributed by atoms with Gasteiger partial charge in [-0.2, -0.15) is 0 Å². The summed E-state index contributed by atoms with van der Waals surface area (Å²) in [5.74, 6) is 0.124. The van der Waals surface area contributed by atoms with Crippen molar-refractivity contribution < 1.29 is 9.53 Å². The van der Waals surface area contributed by atoms with Gasteiger partial charge >= 0.3 is 0 Å². The summed E-state index contributed by atoms with van der Waals surface area (Å²) in [7, 11) is 3.19. The molecule has 0 radical (unpaired) electrons. The number of carbonyl (C=O) groups is 1. The topological polar surface area (TPSA) is 64.3 Å². The van der Waals surface area contributed by atoms with Gasteiger partial charge in [-0.25, -0.2) is 0 Å². The van der Waals surface area contributed by atoms with E-state index in [1.807, 2.05) is 0 Å². The number of likely N-dealkylation sites (N-methyl/N-ethyl adjacent to an activating group) is 1. The van der Waals surface area contributed by atoms with E-state index >= 15 is 0 Å². The minimum atomic E-state index is -0.534. The van der Waals surface area contributed by atoms with Crippen LogP contribution in [0.4, 0.5) is 0 Å². The predicted molar refractivity (Wildman–Crippen MR) is 59.0 cm³/mol. The average Bonchev–Trinajstić information content (AvgIpc) is 2.18. The number of carbonyl (C=O) groups excluding carboxylic acids is 1.